The molecule has 5 heteroatoms. The topological polar surface area (TPSA) is 55.6 Å². The minimum Gasteiger partial charge on any atom is -0.497 e. The molecule has 1 amide bonds. The zero-order valence-electron chi connectivity index (χ0n) is 13.9. The predicted molar refractivity (Wildman–Crippen MR) is 93.6 cm³/mol. The summed E-state index contributed by atoms with van der Waals surface area (Å²) in [5.41, 5.74) is 6.61. The monoisotopic (exact) mass is 328 g/mol. The molecule has 1 aromatic rings. The first-order valence-electron chi connectivity index (χ1n) is 7.81. The van der Waals surface area contributed by atoms with E-state index in [0.717, 1.165) is 50.1 Å². The van der Waals surface area contributed by atoms with Crippen molar-refractivity contribution < 1.29 is 9.53 Å². The number of primary amides is 1. The molecule has 0 saturated carbocycles. The quantitative estimate of drug-likeness (QED) is 0.714. The molecule has 1 atom stereocenters. The first-order valence-corrected chi connectivity index (χ1v) is 7.81. The third-order valence-corrected chi connectivity index (χ3v) is 3.66. The summed E-state index contributed by atoms with van der Waals surface area (Å²) >= 11 is 0. The number of nitrogens with two attached hydrogens (primary N) is 1. The van der Waals surface area contributed by atoms with Crippen molar-refractivity contribution >= 4 is 18.3 Å². The largest absolute Gasteiger partial charge is 0.497 e. The van der Waals surface area contributed by atoms with E-state index in [1.165, 1.54) is 0 Å². The number of benzene rings is 1. The van der Waals surface area contributed by atoms with E-state index in [4.69, 9.17) is 10.5 Å². The molecule has 0 spiro atoms. The van der Waals surface area contributed by atoms with E-state index in [-0.39, 0.29) is 24.4 Å². The Morgan fingerprint density at radius 2 is 1.64 bits per heavy atom. The van der Waals surface area contributed by atoms with Gasteiger partial charge in [-0.05, 0) is 43.6 Å². The molecule has 1 rings (SSSR count). The van der Waals surface area contributed by atoms with Crippen LogP contribution in [0.3, 0.4) is 0 Å². The number of methoxy groups -OCH3 is 1. The van der Waals surface area contributed by atoms with E-state index in [9.17, 15) is 4.79 Å². The van der Waals surface area contributed by atoms with Crippen LogP contribution in [0.25, 0.3) is 0 Å². The molecule has 1 unspecified atom stereocenters. The van der Waals surface area contributed by atoms with Gasteiger partial charge < -0.3 is 10.5 Å². The van der Waals surface area contributed by atoms with Crippen molar-refractivity contribution in [1.82, 2.24) is 4.90 Å². The van der Waals surface area contributed by atoms with Gasteiger partial charge in [0.25, 0.3) is 0 Å². The highest BCUT2D eigenvalue weighted by Crippen LogP contribution is 2.24. The maximum absolute atomic E-state index is 12.0. The number of ether oxygens (including phenoxy) is 1. The van der Waals surface area contributed by atoms with Gasteiger partial charge in [0.05, 0.1) is 7.11 Å². The van der Waals surface area contributed by atoms with E-state index in [1.54, 1.807) is 7.11 Å². The molecule has 0 radical (unpaired) electrons. The van der Waals surface area contributed by atoms with Crippen LogP contribution >= 0.6 is 12.4 Å². The summed E-state index contributed by atoms with van der Waals surface area (Å²) in [4.78, 5) is 14.2. The maximum atomic E-state index is 12.0. The molecular weight excluding hydrogens is 300 g/mol. The summed E-state index contributed by atoms with van der Waals surface area (Å²) in [6.07, 6.45) is 4.36. The summed E-state index contributed by atoms with van der Waals surface area (Å²) < 4.78 is 5.17. The minimum atomic E-state index is -0.353. The highest BCUT2D eigenvalue weighted by molar-refractivity contribution is 5.85. The van der Waals surface area contributed by atoms with Crippen molar-refractivity contribution in [2.45, 2.75) is 45.6 Å². The van der Waals surface area contributed by atoms with Crippen LogP contribution in [0.5, 0.6) is 5.75 Å². The molecule has 0 aromatic heterocycles. The van der Waals surface area contributed by atoms with Crippen molar-refractivity contribution in [2.75, 3.05) is 20.2 Å². The molecule has 0 aliphatic rings. The molecule has 4 nitrogen and oxygen atoms in total. The molecule has 22 heavy (non-hydrogen) atoms. The number of carbonyl (C=O) groups excluding carboxylic acids is 1. The second-order valence-electron chi connectivity index (χ2n) is 5.32. The molecule has 0 aliphatic heterocycles. The predicted octanol–water partition coefficient (Wildman–Crippen LogP) is 3.55. The van der Waals surface area contributed by atoms with Gasteiger partial charge in [0.2, 0.25) is 5.91 Å². The van der Waals surface area contributed by atoms with Crippen molar-refractivity contribution in [3.8, 4) is 5.75 Å². The van der Waals surface area contributed by atoms with E-state index in [2.05, 4.69) is 18.7 Å². The number of rotatable bonds is 10. The maximum Gasteiger partial charge on any atom is 0.239 e. The van der Waals surface area contributed by atoms with Crippen LogP contribution in [0.2, 0.25) is 0 Å². The zero-order chi connectivity index (χ0) is 15.7. The Hall–Kier alpha value is -1.26. The molecule has 1 aromatic carbocycles. The Morgan fingerprint density at radius 3 is 2.00 bits per heavy atom. The lowest BCUT2D eigenvalue weighted by Gasteiger charge is -2.30. The average Bonchev–Trinajstić information content (AvgIpc) is 2.50. The van der Waals surface area contributed by atoms with Crippen LogP contribution in [0, 0.1) is 0 Å². The van der Waals surface area contributed by atoms with Crippen molar-refractivity contribution in [2.24, 2.45) is 5.73 Å². The van der Waals surface area contributed by atoms with Crippen molar-refractivity contribution in [3.05, 3.63) is 29.8 Å². The fourth-order valence-corrected chi connectivity index (χ4v) is 2.43. The van der Waals surface area contributed by atoms with E-state index < -0.39 is 0 Å². The van der Waals surface area contributed by atoms with E-state index in [0.29, 0.717) is 0 Å². The van der Waals surface area contributed by atoms with Gasteiger partial charge in [-0.3, -0.25) is 9.69 Å². The molecule has 0 heterocycles. The molecule has 126 valence electrons. The van der Waals surface area contributed by atoms with Gasteiger partial charge in [-0.25, -0.2) is 0 Å². The normalized spacial score (nSPS) is 11.8. The second-order valence-corrected chi connectivity index (χ2v) is 5.32. The van der Waals surface area contributed by atoms with Crippen molar-refractivity contribution in [3.63, 3.8) is 0 Å². The first kappa shape index (κ1) is 20.7. The van der Waals surface area contributed by atoms with Gasteiger partial charge >= 0.3 is 0 Å². The van der Waals surface area contributed by atoms with Crippen LogP contribution in [-0.2, 0) is 4.79 Å². The number of hydrogen-bond donors (Lipinski definition) is 1. The molecular formula is C17H29ClN2O2. The Morgan fingerprint density at radius 1 is 1.14 bits per heavy atom. The molecule has 2 N–H and O–H groups in total. The Bertz CT molecular complexity index is 415. The number of unbranched alkanes of at least 4 members (excludes halogenated alkanes) is 2. The van der Waals surface area contributed by atoms with Crippen LogP contribution in [-0.4, -0.2) is 31.0 Å². The minimum absolute atomic E-state index is 0. The number of nitrogens with zero attached hydrogens (tertiary/aromatic N) is 1. The van der Waals surface area contributed by atoms with E-state index >= 15 is 0 Å². The highest BCUT2D eigenvalue weighted by Gasteiger charge is 2.24. The lowest BCUT2D eigenvalue weighted by atomic mass is 10.0. The molecule has 0 saturated heterocycles. The lowest BCUT2D eigenvalue weighted by Crippen LogP contribution is -2.39. The molecule has 0 aliphatic carbocycles. The van der Waals surface area contributed by atoms with Crippen LogP contribution in [0.1, 0.15) is 51.1 Å². The van der Waals surface area contributed by atoms with E-state index in [1.807, 2.05) is 24.3 Å². The van der Waals surface area contributed by atoms with Gasteiger partial charge in [-0.15, -0.1) is 12.4 Å². The van der Waals surface area contributed by atoms with Gasteiger partial charge in [0.1, 0.15) is 11.8 Å². The summed E-state index contributed by atoms with van der Waals surface area (Å²) in [5.74, 6) is 0.503. The third kappa shape index (κ3) is 6.24. The Labute approximate surface area is 140 Å². The number of halogens is 1. The Kier molecular flexibility index (Phi) is 10.7. The number of hydrogen-bond acceptors (Lipinski definition) is 3. The van der Waals surface area contributed by atoms with Gasteiger partial charge in [-0.2, -0.15) is 0 Å². The van der Waals surface area contributed by atoms with Crippen LogP contribution in [0.15, 0.2) is 24.3 Å². The van der Waals surface area contributed by atoms with Gasteiger partial charge in [0, 0.05) is 0 Å². The zero-order valence-corrected chi connectivity index (χ0v) is 14.7. The standard InChI is InChI=1S/C17H28N2O2.ClH/c1-4-6-12-19(13-7-5-2)16(17(18)20)14-8-10-15(21-3)11-9-14;/h8-11,16H,4-7,12-13H2,1-3H3,(H2,18,20);1H. The second kappa shape index (κ2) is 11.3. The molecule has 0 fully saturated rings. The number of amides is 1. The summed E-state index contributed by atoms with van der Waals surface area (Å²) in [5, 5.41) is 0. The van der Waals surface area contributed by atoms with Crippen LogP contribution in [0.4, 0.5) is 0 Å². The van der Waals surface area contributed by atoms with Gasteiger partial charge in [0.15, 0.2) is 0 Å². The molecule has 0 bridgehead atoms. The fourth-order valence-electron chi connectivity index (χ4n) is 2.43. The smallest absolute Gasteiger partial charge is 0.239 e. The number of carbonyl (C=O) groups is 1. The first-order chi connectivity index (χ1) is 10.1. The van der Waals surface area contributed by atoms with Crippen molar-refractivity contribution in [1.29, 1.82) is 0 Å². The highest BCUT2D eigenvalue weighted by atomic mass is 35.5. The average molecular weight is 329 g/mol. The lowest BCUT2D eigenvalue weighted by molar-refractivity contribution is -0.123. The summed E-state index contributed by atoms with van der Waals surface area (Å²) in [6, 6.07) is 7.26. The summed E-state index contributed by atoms with van der Waals surface area (Å²) in [6.45, 7) is 6.11. The van der Waals surface area contributed by atoms with Gasteiger partial charge in [-0.1, -0.05) is 38.8 Å². The third-order valence-electron chi connectivity index (χ3n) is 3.66. The SMILES string of the molecule is CCCCN(CCCC)C(C(N)=O)c1ccc(OC)cc1.Cl. The fraction of sp³-hybridized carbons (Fsp3) is 0.588. The summed E-state index contributed by atoms with van der Waals surface area (Å²) in [7, 11) is 1.63. The Balaban J connectivity index is 0.00000441. The van der Waals surface area contributed by atoms with Crippen LogP contribution < -0.4 is 10.5 Å².